The van der Waals surface area contributed by atoms with Crippen LogP contribution >= 0.6 is 8.03 Å². The minimum absolute atomic E-state index is 0.440. The van der Waals surface area contributed by atoms with E-state index in [1.165, 1.54) is 0 Å². The number of para-hydroxylation sites is 1. The van der Waals surface area contributed by atoms with Crippen LogP contribution in [0.5, 0.6) is 5.75 Å². The molecule has 3 nitrogen and oxygen atoms in total. The van der Waals surface area contributed by atoms with Crippen LogP contribution in [0.1, 0.15) is 0 Å². The quantitative estimate of drug-likeness (QED) is 0.704. The van der Waals surface area contributed by atoms with Gasteiger partial charge in [-0.2, -0.15) is 0 Å². The highest BCUT2D eigenvalue weighted by atomic mass is 31.1. The fraction of sp³-hybridized carbons (Fsp3) is 0.143. The standard InChI is InChI=1S/C7H8O3P/c8-6-11(9)10-7-4-2-1-3-5-7/h1-5,8H,6H2/q+1. The third-order valence-corrected chi connectivity index (χ3v) is 1.71. The van der Waals surface area contributed by atoms with Crippen LogP contribution in [0.4, 0.5) is 0 Å². The molecule has 0 aliphatic carbocycles. The Kier molecular flexibility index (Phi) is 3.02. The molecule has 1 unspecified atom stereocenters. The highest BCUT2D eigenvalue weighted by molar-refractivity contribution is 7.39. The summed E-state index contributed by atoms with van der Waals surface area (Å²) in [5, 5.41) is 8.39. The average molecular weight is 171 g/mol. The van der Waals surface area contributed by atoms with E-state index in [2.05, 4.69) is 0 Å². The maximum Gasteiger partial charge on any atom is 0.585 e. The first-order chi connectivity index (χ1) is 5.33. The molecule has 1 rings (SSSR count). The van der Waals surface area contributed by atoms with Gasteiger partial charge in [-0.25, -0.2) is 0 Å². The van der Waals surface area contributed by atoms with Gasteiger partial charge in [0, 0.05) is 0 Å². The molecule has 0 aliphatic rings. The summed E-state index contributed by atoms with van der Waals surface area (Å²) in [5.74, 6) is 0.516. The van der Waals surface area contributed by atoms with Gasteiger partial charge in [-0.15, -0.1) is 0 Å². The van der Waals surface area contributed by atoms with Crippen LogP contribution in [0, 0.1) is 0 Å². The molecule has 0 aromatic heterocycles. The van der Waals surface area contributed by atoms with Gasteiger partial charge in [0.2, 0.25) is 0 Å². The first kappa shape index (κ1) is 8.18. The van der Waals surface area contributed by atoms with Crippen molar-refractivity contribution in [2.75, 3.05) is 6.35 Å². The number of rotatable bonds is 3. The average Bonchev–Trinajstić information content (AvgIpc) is 2.06. The fourth-order valence-corrected chi connectivity index (χ4v) is 1.04. The molecule has 0 fully saturated rings. The van der Waals surface area contributed by atoms with Crippen molar-refractivity contribution in [3.8, 4) is 5.75 Å². The van der Waals surface area contributed by atoms with Gasteiger partial charge in [0.25, 0.3) is 6.35 Å². The van der Waals surface area contributed by atoms with Crippen molar-refractivity contribution in [3.63, 3.8) is 0 Å². The maximum atomic E-state index is 10.7. The summed E-state index contributed by atoms with van der Waals surface area (Å²) >= 11 is 0. The molecule has 11 heavy (non-hydrogen) atoms. The van der Waals surface area contributed by atoms with Crippen LogP contribution in [-0.4, -0.2) is 11.5 Å². The summed E-state index contributed by atoms with van der Waals surface area (Å²) in [6.07, 6.45) is -0.440. The lowest BCUT2D eigenvalue weighted by atomic mass is 10.3. The van der Waals surface area contributed by atoms with E-state index >= 15 is 0 Å². The van der Waals surface area contributed by atoms with Crippen molar-refractivity contribution < 1.29 is 14.2 Å². The SMILES string of the molecule is O=[P+](CO)Oc1ccccc1. The highest BCUT2D eigenvalue weighted by Gasteiger charge is 2.15. The number of hydrogen-bond donors (Lipinski definition) is 1. The molecule has 4 heteroatoms. The molecule has 1 atom stereocenters. The van der Waals surface area contributed by atoms with Crippen LogP contribution in [0.15, 0.2) is 30.3 Å². The summed E-state index contributed by atoms with van der Waals surface area (Å²) in [4.78, 5) is 0. The third-order valence-electron chi connectivity index (χ3n) is 1.07. The summed E-state index contributed by atoms with van der Waals surface area (Å²) in [7, 11) is -1.95. The smallest absolute Gasteiger partial charge is 0.350 e. The van der Waals surface area contributed by atoms with Crippen LogP contribution in [0.3, 0.4) is 0 Å². The fourth-order valence-electron chi connectivity index (χ4n) is 0.628. The molecule has 0 aliphatic heterocycles. The molecular formula is C7H8O3P+. The van der Waals surface area contributed by atoms with Gasteiger partial charge in [0.1, 0.15) is 0 Å². The Morgan fingerprint density at radius 3 is 2.55 bits per heavy atom. The zero-order chi connectivity index (χ0) is 8.10. The van der Waals surface area contributed by atoms with Gasteiger partial charge in [0.15, 0.2) is 5.75 Å². The third kappa shape index (κ3) is 2.66. The Hall–Kier alpha value is -0.920. The van der Waals surface area contributed by atoms with Gasteiger partial charge in [0.05, 0.1) is 0 Å². The molecule has 1 aromatic carbocycles. The second-order valence-corrected chi connectivity index (χ2v) is 3.01. The number of benzene rings is 1. The van der Waals surface area contributed by atoms with Gasteiger partial charge in [-0.1, -0.05) is 18.2 Å². The number of aliphatic hydroxyl groups is 1. The first-order valence-electron chi connectivity index (χ1n) is 3.11. The van der Waals surface area contributed by atoms with Crippen LogP contribution < -0.4 is 4.52 Å². The van der Waals surface area contributed by atoms with Crippen LogP contribution in [0.25, 0.3) is 0 Å². The predicted octanol–water partition coefficient (Wildman–Crippen LogP) is 1.76. The molecule has 1 N–H and O–H groups in total. The Morgan fingerprint density at radius 1 is 1.36 bits per heavy atom. The zero-order valence-electron chi connectivity index (χ0n) is 5.80. The van der Waals surface area contributed by atoms with Gasteiger partial charge in [-0.05, 0) is 16.7 Å². The minimum Gasteiger partial charge on any atom is -0.350 e. The molecule has 0 bridgehead atoms. The topological polar surface area (TPSA) is 46.5 Å². The van der Waals surface area contributed by atoms with Crippen molar-refractivity contribution in [1.29, 1.82) is 0 Å². The lowest BCUT2D eigenvalue weighted by Crippen LogP contribution is -1.83. The second kappa shape index (κ2) is 4.06. The largest absolute Gasteiger partial charge is 0.585 e. The van der Waals surface area contributed by atoms with Crippen molar-refractivity contribution in [2.45, 2.75) is 0 Å². The van der Waals surface area contributed by atoms with Gasteiger partial charge < -0.3 is 5.11 Å². The van der Waals surface area contributed by atoms with Crippen LogP contribution in [-0.2, 0) is 4.57 Å². The summed E-state index contributed by atoms with van der Waals surface area (Å²) in [6, 6.07) is 8.75. The van der Waals surface area contributed by atoms with E-state index in [1.807, 2.05) is 6.07 Å². The van der Waals surface area contributed by atoms with E-state index in [9.17, 15) is 4.57 Å². The van der Waals surface area contributed by atoms with Gasteiger partial charge in [-0.3, -0.25) is 4.52 Å². The second-order valence-electron chi connectivity index (χ2n) is 1.88. The van der Waals surface area contributed by atoms with E-state index in [0.717, 1.165) is 0 Å². The lowest BCUT2D eigenvalue weighted by molar-refractivity contribution is 0.345. The summed E-state index contributed by atoms with van der Waals surface area (Å²) in [6.45, 7) is 0. The maximum absolute atomic E-state index is 10.7. The highest BCUT2D eigenvalue weighted by Crippen LogP contribution is 2.24. The normalized spacial score (nSPS) is 10.8. The molecular weight excluding hydrogens is 163 g/mol. The molecule has 0 radical (unpaired) electrons. The van der Waals surface area contributed by atoms with Crippen molar-refractivity contribution in [1.82, 2.24) is 0 Å². The molecule has 0 saturated carbocycles. The van der Waals surface area contributed by atoms with E-state index < -0.39 is 14.4 Å². The lowest BCUT2D eigenvalue weighted by Gasteiger charge is -1.88. The molecule has 1 aromatic rings. The molecule has 0 spiro atoms. The summed E-state index contributed by atoms with van der Waals surface area (Å²) in [5.41, 5.74) is 0. The molecule has 0 saturated heterocycles. The van der Waals surface area contributed by atoms with Crippen molar-refractivity contribution >= 4 is 8.03 Å². The number of aliphatic hydroxyl groups excluding tert-OH is 1. The monoisotopic (exact) mass is 171 g/mol. The van der Waals surface area contributed by atoms with Gasteiger partial charge >= 0.3 is 8.03 Å². The van der Waals surface area contributed by atoms with Crippen molar-refractivity contribution in [2.24, 2.45) is 0 Å². The molecule has 0 amide bonds. The Balaban J connectivity index is 2.58. The minimum atomic E-state index is -1.95. The Bertz CT molecular complexity index is 235. The van der Waals surface area contributed by atoms with E-state index in [1.54, 1.807) is 24.3 Å². The summed E-state index contributed by atoms with van der Waals surface area (Å²) < 4.78 is 15.5. The first-order valence-corrected chi connectivity index (χ1v) is 4.48. The Morgan fingerprint density at radius 2 is 2.00 bits per heavy atom. The van der Waals surface area contributed by atoms with E-state index in [0.29, 0.717) is 5.75 Å². The van der Waals surface area contributed by atoms with Crippen molar-refractivity contribution in [3.05, 3.63) is 30.3 Å². The molecule has 58 valence electrons. The Labute approximate surface area is 65.5 Å². The predicted molar refractivity (Wildman–Crippen MR) is 41.8 cm³/mol. The van der Waals surface area contributed by atoms with E-state index in [-0.39, 0.29) is 0 Å². The number of hydrogen-bond acceptors (Lipinski definition) is 3. The van der Waals surface area contributed by atoms with E-state index in [4.69, 9.17) is 9.63 Å². The zero-order valence-corrected chi connectivity index (χ0v) is 6.70. The van der Waals surface area contributed by atoms with Crippen LogP contribution in [0.2, 0.25) is 0 Å². The molecule has 0 heterocycles.